The molecule has 0 heterocycles. The van der Waals surface area contributed by atoms with Crippen molar-refractivity contribution >= 4 is 19.7 Å². The van der Waals surface area contributed by atoms with Crippen LogP contribution in [0.15, 0.2) is 18.2 Å². The maximum absolute atomic E-state index is 13.3. The smallest absolute Gasteiger partial charge is 0.235 e. The van der Waals surface area contributed by atoms with E-state index in [0.717, 1.165) is 0 Å². The number of hydrogen-bond donors (Lipinski definition) is 0. The predicted molar refractivity (Wildman–Crippen MR) is 56.3 cm³/mol. The van der Waals surface area contributed by atoms with Crippen molar-refractivity contribution in [1.29, 1.82) is 0 Å². The van der Waals surface area contributed by atoms with Crippen LogP contribution in [0.2, 0.25) is 0 Å². The van der Waals surface area contributed by atoms with Gasteiger partial charge in [-0.1, -0.05) is 12.1 Å². The van der Waals surface area contributed by atoms with Gasteiger partial charge in [-0.15, -0.1) is 0 Å². The lowest BCUT2D eigenvalue weighted by Crippen LogP contribution is -2.09. The first-order valence-corrected chi connectivity index (χ1v) is 6.68. The van der Waals surface area contributed by atoms with Crippen LogP contribution >= 0.6 is 10.7 Å². The molecule has 0 amide bonds. The van der Waals surface area contributed by atoms with Gasteiger partial charge in [0.15, 0.2) is 11.6 Å². The predicted octanol–water partition coefficient (Wildman–Crippen LogP) is 2.08. The standard InChI is InChI=1S/C9H10ClFO3S/c1-7-3-2-4-8(9(7)11)14-5-6-15(10,12)13/h2-4H,5-6H2,1H3. The molecule has 0 aliphatic carbocycles. The van der Waals surface area contributed by atoms with E-state index in [9.17, 15) is 12.8 Å². The van der Waals surface area contributed by atoms with E-state index in [1.54, 1.807) is 19.1 Å². The highest BCUT2D eigenvalue weighted by Crippen LogP contribution is 2.19. The normalized spacial score (nSPS) is 11.4. The minimum absolute atomic E-state index is 0.0373. The van der Waals surface area contributed by atoms with E-state index in [1.807, 2.05) is 0 Å². The fraction of sp³-hybridized carbons (Fsp3) is 0.333. The van der Waals surface area contributed by atoms with E-state index in [-0.39, 0.29) is 18.1 Å². The average Bonchev–Trinajstić information content (AvgIpc) is 2.10. The molecular formula is C9H10ClFO3S. The van der Waals surface area contributed by atoms with Crippen molar-refractivity contribution < 1.29 is 17.5 Å². The molecule has 0 fully saturated rings. The minimum atomic E-state index is -3.59. The molecule has 6 heteroatoms. The zero-order valence-electron chi connectivity index (χ0n) is 8.04. The van der Waals surface area contributed by atoms with Crippen LogP contribution in [-0.2, 0) is 9.05 Å². The molecule has 0 spiro atoms. The zero-order chi connectivity index (χ0) is 11.5. The number of rotatable bonds is 4. The first-order valence-electron chi connectivity index (χ1n) is 4.20. The Balaban J connectivity index is 2.62. The third kappa shape index (κ3) is 4.05. The van der Waals surface area contributed by atoms with E-state index < -0.39 is 14.9 Å². The highest BCUT2D eigenvalue weighted by Gasteiger charge is 2.08. The van der Waals surface area contributed by atoms with Gasteiger partial charge in [0.2, 0.25) is 9.05 Å². The molecular weight excluding hydrogens is 243 g/mol. The number of ether oxygens (including phenoxy) is 1. The Hall–Kier alpha value is -0.810. The molecule has 0 bridgehead atoms. The summed E-state index contributed by atoms with van der Waals surface area (Å²) in [6.07, 6.45) is 0. The third-order valence-corrected chi connectivity index (χ3v) is 2.86. The van der Waals surface area contributed by atoms with Gasteiger partial charge in [-0.2, -0.15) is 0 Å². The lowest BCUT2D eigenvalue weighted by Gasteiger charge is -2.06. The van der Waals surface area contributed by atoms with Crippen LogP contribution in [-0.4, -0.2) is 20.8 Å². The maximum atomic E-state index is 13.3. The van der Waals surface area contributed by atoms with Crippen molar-refractivity contribution in [3.8, 4) is 5.75 Å². The molecule has 0 aliphatic rings. The largest absolute Gasteiger partial charge is 0.489 e. The third-order valence-electron chi connectivity index (χ3n) is 1.74. The van der Waals surface area contributed by atoms with E-state index in [4.69, 9.17) is 15.4 Å². The molecule has 0 atom stereocenters. The second-order valence-corrected chi connectivity index (χ2v) is 5.87. The lowest BCUT2D eigenvalue weighted by atomic mass is 10.2. The van der Waals surface area contributed by atoms with Crippen molar-refractivity contribution in [3.63, 3.8) is 0 Å². The molecule has 0 radical (unpaired) electrons. The molecule has 84 valence electrons. The van der Waals surface area contributed by atoms with Gasteiger partial charge in [0.1, 0.15) is 6.61 Å². The Morgan fingerprint density at radius 3 is 2.73 bits per heavy atom. The van der Waals surface area contributed by atoms with Crippen LogP contribution < -0.4 is 4.74 Å². The minimum Gasteiger partial charge on any atom is -0.489 e. The summed E-state index contributed by atoms with van der Waals surface area (Å²) in [6, 6.07) is 4.66. The molecule has 3 nitrogen and oxygen atoms in total. The van der Waals surface area contributed by atoms with Gasteiger partial charge in [0.25, 0.3) is 0 Å². The Morgan fingerprint density at radius 2 is 2.13 bits per heavy atom. The summed E-state index contributed by atoms with van der Waals surface area (Å²) in [7, 11) is 1.38. The monoisotopic (exact) mass is 252 g/mol. The molecule has 0 saturated heterocycles. The molecule has 0 aromatic heterocycles. The molecule has 15 heavy (non-hydrogen) atoms. The van der Waals surface area contributed by atoms with Gasteiger partial charge in [-0.25, -0.2) is 12.8 Å². The molecule has 0 unspecified atom stereocenters. The Kier molecular flexibility index (Phi) is 3.93. The maximum Gasteiger partial charge on any atom is 0.235 e. The van der Waals surface area contributed by atoms with Gasteiger partial charge >= 0.3 is 0 Å². The fourth-order valence-electron chi connectivity index (χ4n) is 0.983. The van der Waals surface area contributed by atoms with E-state index >= 15 is 0 Å². The first-order chi connectivity index (χ1) is 6.90. The molecule has 1 rings (SSSR count). The molecule has 0 aliphatic heterocycles. The van der Waals surface area contributed by atoms with Crippen LogP contribution in [0.1, 0.15) is 5.56 Å². The van der Waals surface area contributed by atoms with Crippen molar-refractivity contribution in [3.05, 3.63) is 29.6 Å². The summed E-state index contributed by atoms with van der Waals surface area (Å²) >= 11 is 0. The van der Waals surface area contributed by atoms with E-state index in [0.29, 0.717) is 5.56 Å². The molecule has 1 aromatic rings. The van der Waals surface area contributed by atoms with Crippen LogP contribution in [0.5, 0.6) is 5.75 Å². The first kappa shape index (κ1) is 12.3. The summed E-state index contributed by atoms with van der Waals surface area (Å²) in [5.74, 6) is -0.790. The number of halogens is 2. The average molecular weight is 253 g/mol. The second kappa shape index (κ2) is 4.81. The van der Waals surface area contributed by atoms with Crippen molar-refractivity contribution in [2.75, 3.05) is 12.4 Å². The van der Waals surface area contributed by atoms with Gasteiger partial charge in [0, 0.05) is 10.7 Å². The number of aryl methyl sites for hydroxylation is 1. The van der Waals surface area contributed by atoms with E-state index in [1.165, 1.54) is 6.07 Å². The van der Waals surface area contributed by atoms with Gasteiger partial charge in [0.05, 0.1) is 5.75 Å². The Bertz CT molecular complexity index is 445. The van der Waals surface area contributed by atoms with Crippen LogP contribution in [0.4, 0.5) is 4.39 Å². The van der Waals surface area contributed by atoms with Crippen LogP contribution in [0.25, 0.3) is 0 Å². The Labute approximate surface area is 92.2 Å². The van der Waals surface area contributed by atoms with Gasteiger partial charge < -0.3 is 4.74 Å². The second-order valence-electron chi connectivity index (χ2n) is 2.98. The highest BCUT2D eigenvalue weighted by molar-refractivity contribution is 8.13. The summed E-state index contributed by atoms with van der Waals surface area (Å²) < 4.78 is 39.4. The number of benzene rings is 1. The SMILES string of the molecule is Cc1cccc(OCCS(=O)(=O)Cl)c1F. The molecule has 0 N–H and O–H groups in total. The van der Waals surface area contributed by atoms with Crippen molar-refractivity contribution in [2.24, 2.45) is 0 Å². The summed E-state index contributed by atoms with van der Waals surface area (Å²) in [6.45, 7) is 1.44. The van der Waals surface area contributed by atoms with Crippen LogP contribution in [0.3, 0.4) is 0 Å². The van der Waals surface area contributed by atoms with E-state index in [2.05, 4.69) is 0 Å². The summed E-state index contributed by atoms with van der Waals surface area (Å²) in [5, 5.41) is 0. The Morgan fingerprint density at radius 1 is 1.47 bits per heavy atom. The van der Waals surface area contributed by atoms with Crippen molar-refractivity contribution in [2.45, 2.75) is 6.92 Å². The van der Waals surface area contributed by atoms with Crippen LogP contribution in [0, 0.1) is 12.7 Å². The zero-order valence-corrected chi connectivity index (χ0v) is 9.61. The summed E-state index contributed by atoms with van der Waals surface area (Å²) in [5.41, 5.74) is 0.446. The van der Waals surface area contributed by atoms with Gasteiger partial charge in [-0.05, 0) is 18.6 Å². The fourth-order valence-corrected chi connectivity index (χ4v) is 1.45. The number of hydrogen-bond acceptors (Lipinski definition) is 3. The quantitative estimate of drug-likeness (QED) is 0.771. The topological polar surface area (TPSA) is 43.4 Å². The lowest BCUT2D eigenvalue weighted by molar-refractivity contribution is 0.322. The van der Waals surface area contributed by atoms with Gasteiger partial charge in [-0.3, -0.25) is 0 Å². The molecule has 1 aromatic carbocycles. The van der Waals surface area contributed by atoms with Crippen molar-refractivity contribution in [1.82, 2.24) is 0 Å². The highest BCUT2D eigenvalue weighted by atomic mass is 35.7. The summed E-state index contributed by atoms with van der Waals surface area (Å²) in [4.78, 5) is 0. The molecule has 0 saturated carbocycles.